The van der Waals surface area contributed by atoms with Crippen molar-refractivity contribution in [2.75, 3.05) is 6.61 Å². The summed E-state index contributed by atoms with van der Waals surface area (Å²) < 4.78 is 45.1. The van der Waals surface area contributed by atoms with Crippen LogP contribution in [0.4, 0.5) is 13.2 Å². The van der Waals surface area contributed by atoms with Crippen LogP contribution in [0.15, 0.2) is 30.6 Å². The van der Waals surface area contributed by atoms with Crippen molar-refractivity contribution in [1.29, 1.82) is 0 Å². The van der Waals surface area contributed by atoms with Crippen molar-refractivity contribution in [3.63, 3.8) is 0 Å². The summed E-state index contributed by atoms with van der Waals surface area (Å²) in [6.07, 6.45) is -1.03. The first-order valence-electron chi connectivity index (χ1n) is 7.33. The van der Waals surface area contributed by atoms with E-state index in [0.29, 0.717) is 0 Å². The first-order valence-corrected chi connectivity index (χ1v) is 7.33. The van der Waals surface area contributed by atoms with Crippen LogP contribution in [0.3, 0.4) is 0 Å². The highest BCUT2D eigenvalue weighted by molar-refractivity contribution is 5.95. The summed E-state index contributed by atoms with van der Waals surface area (Å²) in [6.45, 7) is -0.0819. The van der Waals surface area contributed by atoms with Gasteiger partial charge in [-0.15, -0.1) is 5.10 Å². The van der Waals surface area contributed by atoms with Crippen molar-refractivity contribution in [2.24, 2.45) is 11.1 Å². The third-order valence-corrected chi connectivity index (χ3v) is 4.12. The normalized spacial score (nSPS) is 16.0. The molecule has 1 aliphatic carbocycles. The molecule has 1 saturated carbocycles. The quantitative estimate of drug-likeness (QED) is 0.876. The first-order chi connectivity index (χ1) is 11.3. The largest absolute Gasteiger partial charge is 0.477 e. The molecule has 24 heavy (non-hydrogen) atoms. The Morgan fingerprint density at radius 2 is 2.12 bits per heavy atom. The van der Waals surface area contributed by atoms with Gasteiger partial charge in [0.1, 0.15) is 0 Å². The van der Waals surface area contributed by atoms with Crippen LogP contribution in [0.5, 0.6) is 5.88 Å². The molecular formula is C15H15F3N4O2. The van der Waals surface area contributed by atoms with Gasteiger partial charge in [0, 0.05) is 18.5 Å². The monoisotopic (exact) mass is 340 g/mol. The second-order valence-corrected chi connectivity index (χ2v) is 5.71. The Hall–Kier alpha value is -2.58. The lowest BCUT2D eigenvalue weighted by Gasteiger charge is -2.18. The van der Waals surface area contributed by atoms with Gasteiger partial charge in [0.05, 0.1) is 17.6 Å². The molecule has 0 aromatic carbocycles. The summed E-state index contributed by atoms with van der Waals surface area (Å²) in [4.78, 5) is 15.4. The van der Waals surface area contributed by atoms with Gasteiger partial charge in [-0.3, -0.25) is 4.79 Å². The predicted molar refractivity (Wildman–Crippen MR) is 77.7 cm³/mol. The molecule has 0 aliphatic heterocycles. The maximum absolute atomic E-state index is 12.8. The summed E-state index contributed by atoms with van der Waals surface area (Å²) in [5.74, 6) is -0.264. The van der Waals surface area contributed by atoms with E-state index in [1.807, 2.05) is 0 Å². The average Bonchev–Trinajstić information content (AvgIpc) is 3.18. The molecule has 0 spiro atoms. The third-order valence-electron chi connectivity index (χ3n) is 4.12. The molecule has 1 amide bonds. The Morgan fingerprint density at radius 3 is 2.75 bits per heavy atom. The lowest BCUT2D eigenvalue weighted by molar-refractivity contribution is -0.190. The lowest BCUT2D eigenvalue weighted by atomic mass is 10.0. The highest BCUT2D eigenvalue weighted by Gasteiger charge is 2.62. The molecular weight excluding hydrogens is 325 g/mol. The van der Waals surface area contributed by atoms with E-state index in [1.54, 1.807) is 6.07 Å². The number of hydrogen-bond donors (Lipinski definition) is 1. The van der Waals surface area contributed by atoms with Crippen LogP contribution in [0.25, 0.3) is 5.82 Å². The van der Waals surface area contributed by atoms with Crippen molar-refractivity contribution in [3.8, 4) is 11.7 Å². The fourth-order valence-electron chi connectivity index (χ4n) is 2.45. The maximum Gasteiger partial charge on any atom is 0.394 e. The molecule has 0 unspecified atom stereocenters. The number of primary amides is 1. The fraction of sp³-hybridized carbons (Fsp3) is 0.400. The van der Waals surface area contributed by atoms with Gasteiger partial charge < -0.3 is 10.5 Å². The van der Waals surface area contributed by atoms with E-state index in [0.717, 1.165) is 0 Å². The minimum absolute atomic E-state index is 0.0819. The van der Waals surface area contributed by atoms with Gasteiger partial charge in [-0.2, -0.15) is 13.2 Å². The van der Waals surface area contributed by atoms with Crippen molar-refractivity contribution in [2.45, 2.75) is 25.4 Å². The second-order valence-electron chi connectivity index (χ2n) is 5.71. The Bertz CT molecular complexity index is 753. The number of alkyl halides is 3. The molecule has 2 N–H and O–H groups in total. The number of pyridine rings is 1. The number of ether oxygens (including phenoxy) is 1. The number of carbonyl (C=O) groups excluding carboxylic acids is 1. The molecule has 128 valence electrons. The van der Waals surface area contributed by atoms with Crippen LogP contribution in [0.2, 0.25) is 0 Å². The molecule has 0 saturated heterocycles. The number of nitrogens with two attached hydrogens (primary N) is 1. The zero-order chi connectivity index (χ0) is 17.4. The molecule has 0 atom stereocenters. The predicted octanol–water partition coefficient (Wildman–Crippen LogP) is 2.48. The van der Waals surface area contributed by atoms with Crippen LogP contribution in [-0.2, 0) is 0 Å². The van der Waals surface area contributed by atoms with Crippen molar-refractivity contribution < 1.29 is 22.7 Å². The van der Waals surface area contributed by atoms with Crippen LogP contribution >= 0.6 is 0 Å². The molecule has 2 aromatic rings. The molecule has 1 fully saturated rings. The summed E-state index contributed by atoms with van der Waals surface area (Å²) in [5.41, 5.74) is 3.86. The van der Waals surface area contributed by atoms with E-state index in [1.165, 1.54) is 29.2 Å². The number of halogens is 3. The molecule has 6 nitrogen and oxygen atoms in total. The lowest BCUT2D eigenvalue weighted by Crippen LogP contribution is -2.26. The summed E-state index contributed by atoms with van der Waals surface area (Å²) >= 11 is 0. The van der Waals surface area contributed by atoms with E-state index in [2.05, 4.69) is 10.1 Å². The zero-order valence-corrected chi connectivity index (χ0v) is 12.6. The number of amides is 1. The van der Waals surface area contributed by atoms with Crippen molar-refractivity contribution in [3.05, 3.63) is 36.2 Å². The molecule has 2 aromatic heterocycles. The number of rotatable bonds is 6. The highest BCUT2D eigenvalue weighted by Crippen LogP contribution is 2.59. The number of hydrogen-bond acceptors (Lipinski definition) is 4. The van der Waals surface area contributed by atoms with E-state index in [4.69, 9.17) is 10.5 Å². The van der Waals surface area contributed by atoms with Crippen LogP contribution in [0, 0.1) is 5.41 Å². The summed E-state index contributed by atoms with van der Waals surface area (Å²) in [5, 5.41) is 4.07. The van der Waals surface area contributed by atoms with E-state index < -0.39 is 17.5 Å². The maximum atomic E-state index is 12.8. The molecule has 9 heteroatoms. The van der Waals surface area contributed by atoms with Crippen LogP contribution in [0.1, 0.15) is 29.6 Å². The molecule has 1 aliphatic rings. The molecule has 2 heterocycles. The smallest absolute Gasteiger partial charge is 0.394 e. The van der Waals surface area contributed by atoms with Crippen molar-refractivity contribution in [1.82, 2.24) is 14.8 Å². The fourth-order valence-corrected chi connectivity index (χ4v) is 2.45. The Balaban J connectivity index is 1.66. The Kier molecular flexibility index (Phi) is 3.94. The number of aromatic nitrogens is 3. The van der Waals surface area contributed by atoms with Gasteiger partial charge in [-0.05, 0) is 31.4 Å². The second kappa shape index (κ2) is 5.81. The molecule has 0 bridgehead atoms. The van der Waals surface area contributed by atoms with Gasteiger partial charge in [-0.25, -0.2) is 9.67 Å². The average molecular weight is 340 g/mol. The van der Waals surface area contributed by atoms with Gasteiger partial charge in [-0.1, -0.05) is 0 Å². The minimum atomic E-state index is -4.19. The Labute approximate surface area is 135 Å². The first kappa shape index (κ1) is 16.3. The van der Waals surface area contributed by atoms with Crippen molar-refractivity contribution >= 4 is 5.91 Å². The van der Waals surface area contributed by atoms with E-state index >= 15 is 0 Å². The Morgan fingerprint density at radius 1 is 1.38 bits per heavy atom. The van der Waals surface area contributed by atoms with Gasteiger partial charge in [0.2, 0.25) is 5.88 Å². The van der Waals surface area contributed by atoms with Crippen LogP contribution in [-0.4, -0.2) is 33.5 Å². The highest BCUT2D eigenvalue weighted by atomic mass is 19.4. The minimum Gasteiger partial charge on any atom is -0.477 e. The number of carbonyl (C=O) groups is 1. The molecule has 3 rings (SSSR count). The third kappa shape index (κ3) is 3.06. The number of nitrogens with zero attached hydrogens (tertiary/aromatic N) is 3. The van der Waals surface area contributed by atoms with E-state index in [-0.39, 0.29) is 43.1 Å². The van der Waals surface area contributed by atoms with Gasteiger partial charge >= 0.3 is 6.18 Å². The van der Waals surface area contributed by atoms with Gasteiger partial charge in [0.15, 0.2) is 5.82 Å². The van der Waals surface area contributed by atoms with Gasteiger partial charge in [0.25, 0.3) is 5.91 Å². The standard InChI is InChI=1S/C15H15F3N4O2/c16-15(17,18)14(4-5-14)6-9-24-11-3-8-22(21-11)13-10(12(19)23)2-1-7-20-13/h1-3,7-8H,4-6,9H2,(H2,19,23). The summed E-state index contributed by atoms with van der Waals surface area (Å²) in [6, 6.07) is 4.57. The topological polar surface area (TPSA) is 83.0 Å². The zero-order valence-electron chi connectivity index (χ0n) is 12.6. The molecule has 0 radical (unpaired) electrons. The van der Waals surface area contributed by atoms with E-state index in [9.17, 15) is 18.0 Å². The van der Waals surface area contributed by atoms with Crippen LogP contribution < -0.4 is 10.5 Å². The summed E-state index contributed by atoms with van der Waals surface area (Å²) in [7, 11) is 0. The SMILES string of the molecule is NC(=O)c1cccnc1-n1ccc(OCCC2(C(F)(F)F)CC2)n1.